The standard InChI is InChI=1S/C29H31ClO6/c1-21(31)35-28-27(34-19-24-15-9-4-10-16-24)26(33-18-23-13-7-3-8-14-23)25(36-29(28)30)20-32-17-22-11-5-2-6-12-22/h2-16,25-29H,17-20H2,1H3/t25-,26-,27+,28+,29?/m1/s1. The van der Waals surface area contributed by atoms with Gasteiger partial charge in [-0.3, -0.25) is 4.79 Å². The van der Waals surface area contributed by atoms with Gasteiger partial charge in [0.25, 0.3) is 0 Å². The van der Waals surface area contributed by atoms with Crippen molar-refractivity contribution in [3.05, 3.63) is 108 Å². The quantitative estimate of drug-likeness (QED) is 0.259. The van der Waals surface area contributed by atoms with Crippen LogP contribution < -0.4 is 0 Å². The van der Waals surface area contributed by atoms with Crippen LogP contribution in [-0.4, -0.2) is 42.6 Å². The summed E-state index contributed by atoms with van der Waals surface area (Å²) in [5.41, 5.74) is 2.11. The summed E-state index contributed by atoms with van der Waals surface area (Å²) in [6, 6.07) is 29.5. The third-order valence-electron chi connectivity index (χ3n) is 5.84. The van der Waals surface area contributed by atoms with E-state index in [1.165, 1.54) is 6.92 Å². The van der Waals surface area contributed by atoms with Gasteiger partial charge in [-0.15, -0.1) is 0 Å². The highest BCUT2D eigenvalue weighted by atomic mass is 35.5. The van der Waals surface area contributed by atoms with Crippen molar-refractivity contribution in [2.75, 3.05) is 6.61 Å². The number of esters is 1. The molecule has 0 saturated carbocycles. The van der Waals surface area contributed by atoms with Gasteiger partial charge in [-0.05, 0) is 16.7 Å². The van der Waals surface area contributed by atoms with Crippen molar-refractivity contribution in [2.24, 2.45) is 0 Å². The van der Waals surface area contributed by atoms with Crippen LogP contribution >= 0.6 is 11.6 Å². The highest BCUT2D eigenvalue weighted by Crippen LogP contribution is 2.32. The third-order valence-corrected chi connectivity index (χ3v) is 6.19. The number of alkyl halides is 1. The maximum atomic E-state index is 11.9. The Labute approximate surface area is 217 Å². The monoisotopic (exact) mass is 510 g/mol. The van der Waals surface area contributed by atoms with E-state index in [9.17, 15) is 4.79 Å². The summed E-state index contributed by atoms with van der Waals surface area (Å²) in [6.45, 7) is 2.62. The van der Waals surface area contributed by atoms with Gasteiger partial charge >= 0.3 is 5.97 Å². The molecule has 190 valence electrons. The second-order valence-corrected chi connectivity index (χ2v) is 9.05. The molecule has 1 aliphatic rings. The zero-order valence-corrected chi connectivity index (χ0v) is 21.0. The molecule has 0 N–H and O–H groups in total. The number of hydrogen-bond donors (Lipinski definition) is 0. The Morgan fingerprint density at radius 3 is 1.69 bits per heavy atom. The average molecular weight is 511 g/mol. The lowest BCUT2D eigenvalue weighted by Gasteiger charge is -2.43. The molecule has 0 spiro atoms. The van der Waals surface area contributed by atoms with Gasteiger partial charge in [0.05, 0.1) is 26.4 Å². The van der Waals surface area contributed by atoms with Crippen molar-refractivity contribution >= 4 is 17.6 Å². The molecule has 0 amide bonds. The smallest absolute Gasteiger partial charge is 0.303 e. The summed E-state index contributed by atoms with van der Waals surface area (Å²) >= 11 is 6.59. The van der Waals surface area contributed by atoms with Crippen LogP contribution in [0.5, 0.6) is 0 Å². The molecule has 3 aromatic rings. The first-order valence-electron chi connectivity index (χ1n) is 12.0. The van der Waals surface area contributed by atoms with Gasteiger partial charge in [-0.25, -0.2) is 0 Å². The van der Waals surface area contributed by atoms with Gasteiger partial charge in [0.15, 0.2) is 11.7 Å². The zero-order chi connectivity index (χ0) is 25.2. The fourth-order valence-electron chi connectivity index (χ4n) is 4.11. The lowest BCUT2D eigenvalue weighted by atomic mass is 9.99. The third kappa shape index (κ3) is 7.63. The molecule has 0 aromatic heterocycles. The summed E-state index contributed by atoms with van der Waals surface area (Å²) in [4.78, 5) is 11.9. The number of halogens is 1. The lowest BCUT2D eigenvalue weighted by molar-refractivity contribution is -0.250. The van der Waals surface area contributed by atoms with E-state index in [2.05, 4.69) is 0 Å². The molecule has 0 radical (unpaired) electrons. The normalized spacial score (nSPS) is 23.8. The molecule has 7 heteroatoms. The maximum absolute atomic E-state index is 11.9. The Kier molecular flexibility index (Phi) is 9.90. The summed E-state index contributed by atoms with van der Waals surface area (Å²) in [5.74, 6) is -0.469. The number of carbonyl (C=O) groups is 1. The van der Waals surface area contributed by atoms with Crippen LogP contribution in [-0.2, 0) is 48.3 Å². The van der Waals surface area contributed by atoms with Gasteiger partial charge < -0.3 is 23.7 Å². The Hall–Kier alpha value is -2.74. The maximum Gasteiger partial charge on any atom is 0.303 e. The molecule has 1 aliphatic heterocycles. The second kappa shape index (κ2) is 13.5. The fraction of sp³-hybridized carbons (Fsp3) is 0.345. The molecule has 1 fully saturated rings. The summed E-state index contributed by atoms with van der Waals surface area (Å²) in [7, 11) is 0. The van der Waals surface area contributed by atoms with Gasteiger partial charge in [0, 0.05) is 6.92 Å². The summed E-state index contributed by atoms with van der Waals surface area (Å²) < 4.78 is 30.3. The first kappa shape index (κ1) is 26.3. The van der Waals surface area contributed by atoms with E-state index in [4.69, 9.17) is 35.3 Å². The van der Waals surface area contributed by atoms with E-state index in [1.54, 1.807) is 0 Å². The van der Waals surface area contributed by atoms with Crippen LogP contribution in [0.2, 0.25) is 0 Å². The molecule has 36 heavy (non-hydrogen) atoms. The molecule has 3 aromatic carbocycles. The van der Waals surface area contributed by atoms with E-state index in [0.29, 0.717) is 19.8 Å². The van der Waals surface area contributed by atoms with E-state index in [1.807, 2.05) is 91.0 Å². The summed E-state index contributed by atoms with van der Waals surface area (Å²) in [5, 5.41) is 0. The minimum atomic E-state index is -0.920. The first-order valence-corrected chi connectivity index (χ1v) is 12.4. The van der Waals surface area contributed by atoms with Crippen molar-refractivity contribution in [1.82, 2.24) is 0 Å². The van der Waals surface area contributed by atoms with Crippen LogP contribution in [0.25, 0.3) is 0 Å². The van der Waals surface area contributed by atoms with Crippen molar-refractivity contribution in [3.63, 3.8) is 0 Å². The Morgan fingerprint density at radius 1 is 0.722 bits per heavy atom. The van der Waals surface area contributed by atoms with Crippen LogP contribution in [0, 0.1) is 0 Å². The van der Waals surface area contributed by atoms with E-state index < -0.39 is 35.9 Å². The molecule has 0 bridgehead atoms. The van der Waals surface area contributed by atoms with Gasteiger partial charge in [-0.2, -0.15) is 0 Å². The molecule has 5 atom stereocenters. The number of benzene rings is 3. The SMILES string of the molecule is CC(=O)O[C@@H]1C(Cl)O[C@H](COCc2ccccc2)[C@@H](OCc2ccccc2)[C@@H]1OCc1ccccc1. The number of hydrogen-bond acceptors (Lipinski definition) is 6. The predicted octanol–water partition coefficient (Wildman–Crippen LogP) is 5.27. The topological polar surface area (TPSA) is 63.2 Å². The number of carbonyl (C=O) groups excluding carboxylic acids is 1. The predicted molar refractivity (Wildman–Crippen MR) is 136 cm³/mol. The van der Waals surface area contributed by atoms with Crippen LogP contribution in [0.15, 0.2) is 91.0 Å². The van der Waals surface area contributed by atoms with Crippen molar-refractivity contribution in [3.8, 4) is 0 Å². The highest BCUT2D eigenvalue weighted by molar-refractivity contribution is 6.20. The van der Waals surface area contributed by atoms with Crippen molar-refractivity contribution in [2.45, 2.75) is 56.7 Å². The summed E-state index contributed by atoms with van der Waals surface area (Å²) in [6.07, 6.45) is -2.64. The molecule has 1 unspecified atom stereocenters. The van der Waals surface area contributed by atoms with E-state index in [0.717, 1.165) is 16.7 Å². The molecule has 4 rings (SSSR count). The van der Waals surface area contributed by atoms with Crippen LogP contribution in [0.4, 0.5) is 0 Å². The Morgan fingerprint density at radius 2 is 1.19 bits per heavy atom. The number of ether oxygens (including phenoxy) is 5. The van der Waals surface area contributed by atoms with Crippen LogP contribution in [0.3, 0.4) is 0 Å². The minimum absolute atomic E-state index is 0.232. The molecule has 1 saturated heterocycles. The van der Waals surface area contributed by atoms with Gasteiger partial charge in [0.2, 0.25) is 0 Å². The van der Waals surface area contributed by atoms with Crippen molar-refractivity contribution < 1.29 is 28.5 Å². The highest BCUT2D eigenvalue weighted by Gasteiger charge is 2.49. The fourth-order valence-corrected chi connectivity index (χ4v) is 4.44. The van der Waals surface area contributed by atoms with Crippen LogP contribution in [0.1, 0.15) is 23.6 Å². The molecule has 1 heterocycles. The molecular weight excluding hydrogens is 480 g/mol. The average Bonchev–Trinajstić information content (AvgIpc) is 2.90. The Balaban J connectivity index is 1.53. The van der Waals surface area contributed by atoms with Gasteiger partial charge in [0.1, 0.15) is 18.3 Å². The molecule has 6 nitrogen and oxygen atoms in total. The van der Waals surface area contributed by atoms with Crippen molar-refractivity contribution in [1.29, 1.82) is 0 Å². The second-order valence-electron chi connectivity index (χ2n) is 8.62. The number of rotatable bonds is 11. The van der Waals surface area contributed by atoms with Gasteiger partial charge in [-0.1, -0.05) is 103 Å². The zero-order valence-electron chi connectivity index (χ0n) is 20.2. The minimum Gasteiger partial charge on any atom is -0.456 e. The lowest BCUT2D eigenvalue weighted by Crippen LogP contribution is -2.60. The van der Waals surface area contributed by atoms with E-state index >= 15 is 0 Å². The van der Waals surface area contributed by atoms with E-state index in [-0.39, 0.29) is 6.61 Å². The molecular formula is C29H31ClO6. The molecule has 0 aliphatic carbocycles. The first-order chi connectivity index (χ1) is 17.6. The Bertz CT molecular complexity index is 1050. The largest absolute Gasteiger partial charge is 0.456 e.